The van der Waals surface area contributed by atoms with Crippen LogP contribution in [-0.2, 0) is 4.74 Å². The highest BCUT2D eigenvalue weighted by Gasteiger charge is 2.26. The van der Waals surface area contributed by atoms with Crippen molar-refractivity contribution >= 4 is 23.6 Å². The fourth-order valence-electron chi connectivity index (χ4n) is 2.41. The van der Waals surface area contributed by atoms with Crippen LogP contribution in [0.4, 0.5) is 13.2 Å². The first kappa shape index (κ1) is 20.0. The molecule has 26 heavy (non-hydrogen) atoms. The minimum atomic E-state index is -2.94. The number of pyridine rings is 1. The van der Waals surface area contributed by atoms with Crippen molar-refractivity contribution in [2.75, 3.05) is 0 Å². The van der Waals surface area contributed by atoms with Gasteiger partial charge in [-0.3, -0.25) is 0 Å². The normalized spacial score (nSPS) is 11.5. The van der Waals surface area contributed by atoms with Crippen molar-refractivity contribution in [3.8, 4) is 11.1 Å². The molecule has 0 spiro atoms. The van der Waals surface area contributed by atoms with E-state index >= 15 is 0 Å². The van der Waals surface area contributed by atoms with Gasteiger partial charge in [-0.2, -0.15) is 0 Å². The zero-order chi connectivity index (χ0) is 19.6. The molecule has 1 aromatic heterocycles. The topological polar surface area (TPSA) is 39.2 Å². The van der Waals surface area contributed by atoms with Gasteiger partial charge in [0.2, 0.25) is 0 Å². The summed E-state index contributed by atoms with van der Waals surface area (Å²) in [4.78, 5) is 16.4. The molecular weight excluding hydrogens is 367 g/mol. The van der Waals surface area contributed by atoms with Gasteiger partial charge in [-0.15, -0.1) is 0 Å². The van der Waals surface area contributed by atoms with Gasteiger partial charge in [-0.1, -0.05) is 30.3 Å². The predicted molar refractivity (Wildman–Crippen MR) is 94.9 cm³/mol. The minimum Gasteiger partial charge on any atom is -0.455 e. The van der Waals surface area contributed by atoms with Crippen molar-refractivity contribution in [1.82, 2.24) is 4.98 Å². The summed E-state index contributed by atoms with van der Waals surface area (Å²) in [5.41, 5.74) is -1.75. The molecule has 1 heterocycles. The second kappa shape index (κ2) is 7.50. The van der Waals surface area contributed by atoms with E-state index in [-0.39, 0.29) is 21.8 Å². The number of hydrogen-bond donors (Lipinski definition) is 0. The van der Waals surface area contributed by atoms with E-state index in [1.54, 1.807) is 20.8 Å². The molecule has 0 aliphatic heterocycles. The molecule has 1 aromatic carbocycles. The van der Waals surface area contributed by atoms with Gasteiger partial charge in [0.25, 0.3) is 6.43 Å². The first-order valence-corrected chi connectivity index (χ1v) is 8.05. The molecular formula is C19H17ClF3NO2. The van der Waals surface area contributed by atoms with Crippen LogP contribution in [0.25, 0.3) is 17.2 Å². The summed E-state index contributed by atoms with van der Waals surface area (Å²) in [7, 11) is 0. The summed E-state index contributed by atoms with van der Waals surface area (Å²) < 4.78 is 46.7. The molecule has 0 saturated heterocycles. The molecule has 0 aliphatic rings. The number of benzene rings is 1. The van der Waals surface area contributed by atoms with Crippen molar-refractivity contribution in [2.24, 2.45) is 0 Å². The van der Waals surface area contributed by atoms with Gasteiger partial charge in [-0.05, 0) is 38.5 Å². The number of esters is 1. The molecule has 0 bridgehead atoms. The lowest BCUT2D eigenvalue weighted by Gasteiger charge is -2.21. The second-order valence-electron chi connectivity index (χ2n) is 6.45. The summed E-state index contributed by atoms with van der Waals surface area (Å²) in [6.45, 7) is 8.62. The summed E-state index contributed by atoms with van der Waals surface area (Å²) in [5.74, 6) is -1.77. The molecule has 7 heteroatoms. The lowest BCUT2D eigenvalue weighted by molar-refractivity contribution is 0.00626. The van der Waals surface area contributed by atoms with Gasteiger partial charge in [0, 0.05) is 22.9 Å². The zero-order valence-electron chi connectivity index (χ0n) is 14.4. The molecule has 0 amide bonds. The van der Waals surface area contributed by atoms with Crippen LogP contribution in [0.2, 0.25) is 5.02 Å². The Hall–Kier alpha value is -2.34. The largest absolute Gasteiger partial charge is 0.455 e. The summed E-state index contributed by atoms with van der Waals surface area (Å²) in [5, 5.41) is -0.310. The highest BCUT2D eigenvalue weighted by atomic mass is 35.5. The average molecular weight is 384 g/mol. The quantitative estimate of drug-likeness (QED) is 0.601. The SMILES string of the molecule is C=Cc1c(-c2c(C(F)F)ccc(Cl)c2F)ccnc1C(=O)OC(C)(C)C. The molecule has 0 aliphatic carbocycles. The standard InChI is InChI=1S/C19H17ClF3NO2/c1-5-10-11(8-9-24-16(10)18(25)26-19(2,3)4)14-12(17(22)23)6-7-13(20)15(14)21/h5-9,17H,1H2,2-4H3. The van der Waals surface area contributed by atoms with E-state index in [1.165, 1.54) is 18.3 Å². The lowest BCUT2D eigenvalue weighted by Crippen LogP contribution is -2.25. The molecule has 2 rings (SSSR count). The van der Waals surface area contributed by atoms with Crippen LogP contribution >= 0.6 is 11.6 Å². The second-order valence-corrected chi connectivity index (χ2v) is 6.86. The Morgan fingerprint density at radius 3 is 2.50 bits per heavy atom. The molecule has 0 saturated carbocycles. The van der Waals surface area contributed by atoms with Crippen molar-refractivity contribution in [3.63, 3.8) is 0 Å². The van der Waals surface area contributed by atoms with E-state index in [1.807, 2.05) is 0 Å². The maximum atomic E-state index is 14.6. The number of hydrogen-bond acceptors (Lipinski definition) is 3. The van der Waals surface area contributed by atoms with Crippen LogP contribution in [0.1, 0.15) is 48.8 Å². The van der Waals surface area contributed by atoms with Crippen molar-refractivity contribution in [3.05, 3.63) is 58.6 Å². The Morgan fingerprint density at radius 1 is 1.31 bits per heavy atom. The van der Waals surface area contributed by atoms with Crippen molar-refractivity contribution in [1.29, 1.82) is 0 Å². The van der Waals surface area contributed by atoms with Crippen LogP contribution < -0.4 is 0 Å². The van der Waals surface area contributed by atoms with Crippen LogP contribution in [0.15, 0.2) is 31.0 Å². The van der Waals surface area contributed by atoms with Gasteiger partial charge >= 0.3 is 5.97 Å². The number of ether oxygens (including phenoxy) is 1. The Kier molecular flexibility index (Phi) is 5.76. The zero-order valence-corrected chi connectivity index (χ0v) is 15.2. The van der Waals surface area contributed by atoms with Crippen molar-refractivity contribution in [2.45, 2.75) is 32.8 Å². The molecule has 3 nitrogen and oxygen atoms in total. The summed E-state index contributed by atoms with van der Waals surface area (Å²) in [6, 6.07) is 3.43. The third-order valence-electron chi connectivity index (χ3n) is 3.42. The van der Waals surface area contributed by atoms with E-state index in [9.17, 15) is 18.0 Å². The smallest absolute Gasteiger partial charge is 0.358 e. The van der Waals surface area contributed by atoms with Crippen LogP contribution in [0.5, 0.6) is 0 Å². The first-order valence-electron chi connectivity index (χ1n) is 7.68. The van der Waals surface area contributed by atoms with E-state index in [0.29, 0.717) is 0 Å². The van der Waals surface area contributed by atoms with Crippen molar-refractivity contribution < 1.29 is 22.7 Å². The first-order chi connectivity index (χ1) is 12.1. The number of nitrogens with zero attached hydrogens (tertiary/aromatic N) is 1. The number of rotatable bonds is 4. The van der Waals surface area contributed by atoms with Gasteiger partial charge in [0.1, 0.15) is 11.4 Å². The predicted octanol–water partition coefficient (Wildman–Crippen LogP) is 6.08. The maximum Gasteiger partial charge on any atom is 0.358 e. The Morgan fingerprint density at radius 2 is 1.96 bits per heavy atom. The number of alkyl halides is 2. The van der Waals surface area contributed by atoms with Crippen LogP contribution in [0, 0.1) is 5.82 Å². The molecule has 0 unspecified atom stereocenters. The molecule has 138 valence electrons. The Labute approximate surface area is 154 Å². The monoisotopic (exact) mass is 383 g/mol. The highest BCUT2D eigenvalue weighted by Crippen LogP contribution is 2.38. The van der Waals surface area contributed by atoms with Crippen LogP contribution in [-0.4, -0.2) is 16.6 Å². The average Bonchev–Trinajstić information content (AvgIpc) is 2.54. The third kappa shape index (κ3) is 4.07. The van der Waals surface area contributed by atoms with Gasteiger partial charge in [0.05, 0.1) is 5.02 Å². The van der Waals surface area contributed by atoms with E-state index < -0.39 is 34.9 Å². The number of halogens is 4. The number of carbonyl (C=O) groups is 1. The third-order valence-corrected chi connectivity index (χ3v) is 3.71. The molecule has 0 fully saturated rings. The number of carbonyl (C=O) groups excluding carboxylic acids is 1. The lowest BCUT2D eigenvalue weighted by atomic mass is 9.94. The van der Waals surface area contributed by atoms with Crippen LogP contribution in [0.3, 0.4) is 0 Å². The van der Waals surface area contributed by atoms with E-state index in [4.69, 9.17) is 16.3 Å². The van der Waals surface area contributed by atoms with Gasteiger partial charge < -0.3 is 4.74 Å². The molecule has 0 atom stereocenters. The minimum absolute atomic E-state index is 0.0335. The Bertz CT molecular complexity index is 861. The van der Waals surface area contributed by atoms with E-state index in [2.05, 4.69) is 11.6 Å². The summed E-state index contributed by atoms with van der Waals surface area (Å²) >= 11 is 5.77. The van der Waals surface area contributed by atoms with Gasteiger partial charge in [0.15, 0.2) is 5.69 Å². The van der Waals surface area contributed by atoms with Gasteiger partial charge in [-0.25, -0.2) is 22.9 Å². The fourth-order valence-corrected chi connectivity index (χ4v) is 2.57. The Balaban J connectivity index is 2.74. The fraction of sp³-hybridized carbons (Fsp3) is 0.263. The highest BCUT2D eigenvalue weighted by molar-refractivity contribution is 6.31. The molecule has 0 radical (unpaired) electrons. The molecule has 2 aromatic rings. The molecule has 0 N–H and O–H groups in total. The summed E-state index contributed by atoms with van der Waals surface area (Å²) in [6.07, 6.45) is -0.471. The number of aromatic nitrogens is 1. The van der Waals surface area contributed by atoms with E-state index in [0.717, 1.165) is 12.1 Å². The maximum absolute atomic E-state index is 14.6.